The van der Waals surface area contributed by atoms with Crippen molar-refractivity contribution in [1.29, 1.82) is 0 Å². The van der Waals surface area contributed by atoms with Crippen molar-refractivity contribution >= 4 is 6.21 Å². The number of hydrogen-bond acceptors (Lipinski definition) is 3. The zero-order chi connectivity index (χ0) is 7.23. The maximum Gasteiger partial charge on any atom is 0.0457 e. The van der Waals surface area contributed by atoms with E-state index >= 15 is 0 Å². The molecule has 0 radical (unpaired) electrons. The highest BCUT2D eigenvalue weighted by Crippen LogP contribution is 1.91. The van der Waals surface area contributed by atoms with Crippen molar-refractivity contribution in [3.05, 3.63) is 30.1 Å². The molecule has 0 aliphatic heterocycles. The van der Waals surface area contributed by atoms with Crippen LogP contribution in [0.2, 0.25) is 0 Å². The minimum Gasteiger partial charge on any atom is -0.324 e. The number of pyridine rings is 1. The molecule has 0 aromatic carbocycles. The Hall–Kier alpha value is -1.38. The van der Waals surface area contributed by atoms with Crippen molar-refractivity contribution in [3.8, 4) is 0 Å². The van der Waals surface area contributed by atoms with E-state index in [1.54, 1.807) is 12.4 Å². The van der Waals surface area contributed by atoms with Crippen molar-refractivity contribution in [2.45, 2.75) is 6.42 Å². The van der Waals surface area contributed by atoms with E-state index < -0.39 is 0 Å². The van der Waals surface area contributed by atoms with Crippen molar-refractivity contribution < 1.29 is 0 Å². The van der Waals surface area contributed by atoms with Crippen LogP contribution < -0.4 is 5.84 Å². The molecule has 1 rings (SSSR count). The Morgan fingerprint density at radius 2 is 2.50 bits per heavy atom. The molecule has 52 valence electrons. The number of hydrogen-bond donors (Lipinski definition) is 1. The molecule has 10 heavy (non-hydrogen) atoms. The van der Waals surface area contributed by atoms with Gasteiger partial charge in [0, 0.05) is 24.5 Å². The van der Waals surface area contributed by atoms with Gasteiger partial charge < -0.3 is 5.84 Å². The van der Waals surface area contributed by atoms with Crippen LogP contribution in [0.25, 0.3) is 0 Å². The normalized spacial score (nSPS) is 10.4. The van der Waals surface area contributed by atoms with E-state index in [1.807, 2.05) is 18.2 Å². The third-order valence-electron chi connectivity index (χ3n) is 1.13. The molecular weight excluding hydrogens is 126 g/mol. The van der Waals surface area contributed by atoms with Gasteiger partial charge in [0.25, 0.3) is 0 Å². The van der Waals surface area contributed by atoms with E-state index in [2.05, 4.69) is 10.1 Å². The maximum absolute atomic E-state index is 4.92. The van der Waals surface area contributed by atoms with Crippen LogP contribution >= 0.6 is 0 Å². The average molecular weight is 135 g/mol. The van der Waals surface area contributed by atoms with Gasteiger partial charge >= 0.3 is 0 Å². The smallest absolute Gasteiger partial charge is 0.0457 e. The lowest BCUT2D eigenvalue weighted by atomic mass is 10.3. The summed E-state index contributed by atoms with van der Waals surface area (Å²) in [5.41, 5.74) is 0.983. The average Bonchev–Trinajstić information content (AvgIpc) is 2.03. The molecule has 0 aliphatic rings. The lowest BCUT2D eigenvalue weighted by Crippen LogP contribution is -1.91. The molecule has 1 heterocycles. The van der Waals surface area contributed by atoms with Crippen LogP contribution in [0.1, 0.15) is 5.69 Å². The number of hydrazone groups is 1. The quantitative estimate of drug-likeness (QED) is 0.366. The number of nitrogens with zero attached hydrogens (tertiary/aromatic N) is 2. The minimum atomic E-state index is 0.706. The summed E-state index contributed by atoms with van der Waals surface area (Å²) in [5, 5.41) is 3.37. The van der Waals surface area contributed by atoms with Gasteiger partial charge in [0.05, 0.1) is 0 Å². The Morgan fingerprint density at radius 1 is 1.60 bits per heavy atom. The third-order valence-corrected chi connectivity index (χ3v) is 1.13. The summed E-state index contributed by atoms with van der Waals surface area (Å²) in [4.78, 5) is 4.07. The highest BCUT2D eigenvalue weighted by molar-refractivity contribution is 5.59. The third kappa shape index (κ3) is 1.85. The summed E-state index contributed by atoms with van der Waals surface area (Å²) >= 11 is 0. The van der Waals surface area contributed by atoms with E-state index in [0.717, 1.165) is 5.69 Å². The van der Waals surface area contributed by atoms with Crippen LogP contribution in [0.4, 0.5) is 0 Å². The molecule has 0 bridgehead atoms. The Labute approximate surface area is 59.6 Å². The fraction of sp³-hybridized carbons (Fsp3) is 0.143. The molecule has 0 atom stereocenters. The van der Waals surface area contributed by atoms with Gasteiger partial charge in [0.1, 0.15) is 0 Å². The van der Waals surface area contributed by atoms with E-state index in [1.165, 1.54) is 0 Å². The first kappa shape index (κ1) is 6.74. The molecule has 0 amide bonds. The summed E-state index contributed by atoms with van der Waals surface area (Å²) in [6.45, 7) is 0. The first-order valence-electron chi connectivity index (χ1n) is 3.05. The highest BCUT2D eigenvalue weighted by atomic mass is 15.1. The lowest BCUT2D eigenvalue weighted by Gasteiger charge is -1.90. The molecule has 0 spiro atoms. The van der Waals surface area contributed by atoms with Gasteiger partial charge in [-0.05, 0) is 12.1 Å². The first-order chi connectivity index (χ1) is 4.93. The van der Waals surface area contributed by atoms with Crippen molar-refractivity contribution in [1.82, 2.24) is 4.98 Å². The molecule has 0 fully saturated rings. The van der Waals surface area contributed by atoms with Crippen LogP contribution in [0, 0.1) is 0 Å². The Kier molecular flexibility index (Phi) is 2.43. The van der Waals surface area contributed by atoms with Crippen molar-refractivity contribution in [2.75, 3.05) is 0 Å². The topological polar surface area (TPSA) is 51.3 Å². The van der Waals surface area contributed by atoms with Gasteiger partial charge in [-0.25, -0.2) is 0 Å². The molecule has 0 aliphatic carbocycles. The molecular formula is C7H9N3. The van der Waals surface area contributed by atoms with Crippen molar-refractivity contribution in [3.63, 3.8) is 0 Å². The maximum atomic E-state index is 4.92. The first-order valence-corrected chi connectivity index (χ1v) is 3.05. The van der Waals surface area contributed by atoms with Gasteiger partial charge in [-0.3, -0.25) is 4.98 Å². The molecule has 0 saturated carbocycles. The highest BCUT2D eigenvalue weighted by Gasteiger charge is 1.85. The summed E-state index contributed by atoms with van der Waals surface area (Å²) in [5.74, 6) is 4.92. The largest absolute Gasteiger partial charge is 0.324 e. The van der Waals surface area contributed by atoms with Gasteiger partial charge in [0.2, 0.25) is 0 Å². The number of aromatic nitrogens is 1. The SMILES string of the molecule is NN=CCc1ccccn1. The molecule has 3 heteroatoms. The van der Waals surface area contributed by atoms with E-state index in [0.29, 0.717) is 6.42 Å². The molecule has 3 nitrogen and oxygen atoms in total. The van der Waals surface area contributed by atoms with Gasteiger partial charge in [0.15, 0.2) is 0 Å². The van der Waals surface area contributed by atoms with Crippen LogP contribution in [0.15, 0.2) is 29.5 Å². The van der Waals surface area contributed by atoms with E-state index in [9.17, 15) is 0 Å². The van der Waals surface area contributed by atoms with E-state index in [-0.39, 0.29) is 0 Å². The van der Waals surface area contributed by atoms with Gasteiger partial charge in [-0.1, -0.05) is 6.07 Å². The van der Waals surface area contributed by atoms with Crippen LogP contribution in [-0.2, 0) is 6.42 Å². The summed E-state index contributed by atoms with van der Waals surface area (Å²) in [6, 6.07) is 5.75. The second kappa shape index (κ2) is 3.61. The molecule has 0 unspecified atom stereocenters. The summed E-state index contributed by atoms with van der Waals surface area (Å²) in [7, 11) is 0. The second-order valence-electron chi connectivity index (χ2n) is 1.86. The standard InChI is InChI=1S/C7H9N3/c8-10-6-4-7-3-1-2-5-9-7/h1-3,5-6H,4,8H2. The zero-order valence-electron chi connectivity index (χ0n) is 5.57. The molecule has 1 aromatic rings. The predicted octanol–water partition coefficient (Wildman–Crippen LogP) is 0.569. The minimum absolute atomic E-state index is 0.706. The number of nitrogens with two attached hydrogens (primary N) is 1. The van der Waals surface area contributed by atoms with Gasteiger partial charge in [-0.2, -0.15) is 5.10 Å². The number of rotatable bonds is 2. The van der Waals surface area contributed by atoms with E-state index in [4.69, 9.17) is 5.84 Å². The molecule has 1 aromatic heterocycles. The Morgan fingerprint density at radius 3 is 3.10 bits per heavy atom. The van der Waals surface area contributed by atoms with Crippen LogP contribution in [-0.4, -0.2) is 11.2 Å². The molecule has 2 N–H and O–H groups in total. The van der Waals surface area contributed by atoms with Crippen LogP contribution in [0.3, 0.4) is 0 Å². The zero-order valence-corrected chi connectivity index (χ0v) is 5.57. The van der Waals surface area contributed by atoms with Crippen LogP contribution in [0.5, 0.6) is 0 Å². The van der Waals surface area contributed by atoms with Gasteiger partial charge in [-0.15, -0.1) is 0 Å². The fourth-order valence-electron chi connectivity index (χ4n) is 0.665. The summed E-state index contributed by atoms with van der Waals surface area (Å²) in [6.07, 6.45) is 4.08. The Bertz CT molecular complexity index is 205. The summed E-state index contributed by atoms with van der Waals surface area (Å²) < 4.78 is 0. The fourth-order valence-corrected chi connectivity index (χ4v) is 0.665. The predicted molar refractivity (Wildman–Crippen MR) is 40.6 cm³/mol. The van der Waals surface area contributed by atoms with Crippen molar-refractivity contribution in [2.24, 2.45) is 10.9 Å². The molecule has 0 saturated heterocycles. The monoisotopic (exact) mass is 135 g/mol. The Balaban J connectivity index is 2.59. The lowest BCUT2D eigenvalue weighted by molar-refractivity contribution is 1.13. The second-order valence-corrected chi connectivity index (χ2v) is 1.86.